The fourth-order valence-corrected chi connectivity index (χ4v) is 2.13. The zero-order valence-corrected chi connectivity index (χ0v) is 10.6. The van der Waals surface area contributed by atoms with Crippen LogP contribution in [-0.4, -0.2) is 5.16 Å². The van der Waals surface area contributed by atoms with E-state index in [-0.39, 0.29) is 17.1 Å². The Balaban J connectivity index is 2.27. The van der Waals surface area contributed by atoms with E-state index in [0.29, 0.717) is 17.7 Å². The molecule has 1 aromatic heterocycles. The third kappa shape index (κ3) is 2.24. The molecule has 0 saturated heterocycles. The Morgan fingerprint density at radius 1 is 0.905 bits per heavy atom. The largest absolute Gasteiger partial charge is 0.367 e. The van der Waals surface area contributed by atoms with Crippen LogP contribution >= 0.6 is 0 Å². The summed E-state index contributed by atoms with van der Waals surface area (Å²) in [6.45, 7) is 0. The van der Waals surface area contributed by atoms with Crippen LogP contribution in [0.2, 0.25) is 0 Å². The highest BCUT2D eigenvalue weighted by atomic mass is 19.1. The minimum Gasteiger partial charge on any atom is -0.367 e. The molecule has 0 unspecified atom stereocenters. The topological polar surface area (TPSA) is 52.0 Å². The van der Waals surface area contributed by atoms with Crippen LogP contribution in [0.25, 0.3) is 22.4 Å². The quantitative estimate of drug-likeness (QED) is 0.776. The molecule has 0 spiro atoms. The lowest BCUT2D eigenvalue weighted by atomic mass is 10.0. The lowest BCUT2D eigenvalue weighted by Gasteiger charge is -2.05. The number of nitrogens with zero attached hydrogens (tertiary/aromatic N) is 1. The van der Waals surface area contributed by atoms with Gasteiger partial charge in [0.15, 0.2) is 0 Å². The zero-order chi connectivity index (χ0) is 15.0. The normalized spacial score (nSPS) is 10.8. The summed E-state index contributed by atoms with van der Waals surface area (Å²) in [6, 6.07) is 9.82. The van der Waals surface area contributed by atoms with Crippen molar-refractivity contribution in [2.24, 2.45) is 0 Å². The van der Waals surface area contributed by atoms with E-state index in [2.05, 4.69) is 5.16 Å². The standard InChI is InChI=1S/C15H9F3N2O/c16-9-6-10(17)13(11(18)7-9)14-12(15(19)21-20-14)8-4-2-1-3-5-8/h1-7H,19H2. The van der Waals surface area contributed by atoms with E-state index in [0.717, 1.165) is 0 Å². The van der Waals surface area contributed by atoms with Crippen molar-refractivity contribution in [2.45, 2.75) is 0 Å². The van der Waals surface area contributed by atoms with Gasteiger partial charge in [0.25, 0.3) is 0 Å². The number of rotatable bonds is 2. The van der Waals surface area contributed by atoms with E-state index in [9.17, 15) is 13.2 Å². The lowest BCUT2D eigenvalue weighted by Crippen LogP contribution is -1.95. The molecule has 2 aromatic carbocycles. The van der Waals surface area contributed by atoms with Gasteiger partial charge in [0.1, 0.15) is 23.1 Å². The van der Waals surface area contributed by atoms with Gasteiger partial charge in [-0.1, -0.05) is 35.5 Å². The van der Waals surface area contributed by atoms with Crippen LogP contribution in [0.15, 0.2) is 47.0 Å². The number of halogens is 3. The van der Waals surface area contributed by atoms with Crippen LogP contribution in [-0.2, 0) is 0 Å². The van der Waals surface area contributed by atoms with E-state index in [1.165, 1.54) is 0 Å². The molecule has 1 heterocycles. The highest BCUT2D eigenvalue weighted by Crippen LogP contribution is 2.38. The minimum atomic E-state index is -1.07. The molecule has 0 aliphatic carbocycles. The van der Waals surface area contributed by atoms with E-state index in [4.69, 9.17) is 10.3 Å². The summed E-state index contributed by atoms with van der Waals surface area (Å²) in [4.78, 5) is 0. The lowest BCUT2D eigenvalue weighted by molar-refractivity contribution is 0.437. The van der Waals surface area contributed by atoms with Crippen molar-refractivity contribution in [3.63, 3.8) is 0 Å². The summed E-state index contributed by atoms with van der Waals surface area (Å²) in [5, 5.41) is 3.61. The fraction of sp³-hybridized carbons (Fsp3) is 0. The van der Waals surface area contributed by atoms with Gasteiger partial charge in [-0.15, -0.1) is 0 Å². The van der Waals surface area contributed by atoms with Gasteiger partial charge >= 0.3 is 0 Å². The molecule has 0 aliphatic heterocycles. The monoisotopic (exact) mass is 290 g/mol. The molecule has 21 heavy (non-hydrogen) atoms. The Morgan fingerprint density at radius 3 is 2.14 bits per heavy atom. The summed E-state index contributed by atoms with van der Waals surface area (Å²) in [6.07, 6.45) is 0. The second-order valence-electron chi connectivity index (χ2n) is 4.38. The maximum absolute atomic E-state index is 13.9. The summed E-state index contributed by atoms with van der Waals surface area (Å²) in [5.41, 5.74) is 5.97. The third-order valence-corrected chi connectivity index (χ3v) is 3.02. The minimum absolute atomic E-state index is 0.0701. The Hall–Kier alpha value is -2.76. The first-order valence-electron chi connectivity index (χ1n) is 6.03. The van der Waals surface area contributed by atoms with E-state index >= 15 is 0 Å². The molecule has 6 heteroatoms. The van der Waals surface area contributed by atoms with E-state index in [1.807, 2.05) is 0 Å². The summed E-state index contributed by atoms with van der Waals surface area (Å²) < 4.78 is 45.6. The SMILES string of the molecule is Nc1onc(-c2c(F)cc(F)cc2F)c1-c1ccccc1. The predicted molar refractivity (Wildman–Crippen MR) is 71.7 cm³/mol. The van der Waals surface area contributed by atoms with Gasteiger partial charge in [-0.25, -0.2) is 13.2 Å². The first-order valence-corrected chi connectivity index (χ1v) is 6.03. The van der Waals surface area contributed by atoms with Crippen LogP contribution in [0, 0.1) is 17.5 Å². The van der Waals surface area contributed by atoms with Crippen LogP contribution in [0.1, 0.15) is 0 Å². The Morgan fingerprint density at radius 2 is 1.52 bits per heavy atom. The number of aromatic nitrogens is 1. The number of hydrogen-bond acceptors (Lipinski definition) is 3. The van der Waals surface area contributed by atoms with E-state index < -0.39 is 23.0 Å². The maximum Gasteiger partial charge on any atom is 0.230 e. The molecule has 0 fully saturated rings. The molecule has 0 aliphatic rings. The van der Waals surface area contributed by atoms with E-state index in [1.54, 1.807) is 30.3 Å². The molecular formula is C15H9F3N2O. The molecule has 3 aromatic rings. The summed E-state index contributed by atoms with van der Waals surface area (Å²) in [7, 11) is 0. The van der Waals surface area contributed by atoms with Crippen LogP contribution in [0.4, 0.5) is 19.1 Å². The second-order valence-corrected chi connectivity index (χ2v) is 4.38. The average Bonchev–Trinajstić information content (AvgIpc) is 2.80. The molecule has 0 atom stereocenters. The molecule has 0 amide bonds. The first-order chi connectivity index (χ1) is 10.1. The number of benzene rings is 2. The van der Waals surface area contributed by atoms with Crippen molar-refractivity contribution >= 4 is 5.88 Å². The zero-order valence-electron chi connectivity index (χ0n) is 10.6. The number of nitrogen functional groups attached to an aromatic ring is 1. The Labute approximate surface area is 117 Å². The van der Waals surface area contributed by atoms with Crippen LogP contribution in [0.5, 0.6) is 0 Å². The Bertz CT molecular complexity index is 777. The van der Waals surface area contributed by atoms with Gasteiger partial charge in [0.2, 0.25) is 5.88 Å². The molecule has 2 N–H and O–H groups in total. The van der Waals surface area contributed by atoms with Crippen molar-refractivity contribution < 1.29 is 17.7 Å². The smallest absolute Gasteiger partial charge is 0.230 e. The van der Waals surface area contributed by atoms with Gasteiger partial charge in [-0.2, -0.15) is 0 Å². The number of anilines is 1. The van der Waals surface area contributed by atoms with Gasteiger partial charge in [0.05, 0.1) is 11.1 Å². The fourth-order valence-electron chi connectivity index (χ4n) is 2.13. The molecule has 0 bridgehead atoms. The first kappa shape index (κ1) is 13.2. The van der Waals surface area contributed by atoms with Gasteiger partial charge in [-0.05, 0) is 5.56 Å². The molecule has 106 valence electrons. The molecule has 3 rings (SSSR count). The Kier molecular flexibility index (Phi) is 3.13. The van der Waals surface area contributed by atoms with Crippen molar-refractivity contribution in [2.75, 3.05) is 5.73 Å². The number of hydrogen-bond donors (Lipinski definition) is 1. The van der Waals surface area contributed by atoms with Crippen LogP contribution in [0.3, 0.4) is 0 Å². The molecule has 0 radical (unpaired) electrons. The van der Waals surface area contributed by atoms with Crippen molar-refractivity contribution in [3.05, 3.63) is 59.9 Å². The highest BCUT2D eigenvalue weighted by Gasteiger charge is 2.23. The average molecular weight is 290 g/mol. The van der Waals surface area contributed by atoms with Crippen molar-refractivity contribution in [3.8, 4) is 22.4 Å². The van der Waals surface area contributed by atoms with Gasteiger partial charge in [0, 0.05) is 12.1 Å². The van der Waals surface area contributed by atoms with Crippen molar-refractivity contribution in [1.29, 1.82) is 0 Å². The molecule has 3 nitrogen and oxygen atoms in total. The second kappa shape index (κ2) is 4.97. The van der Waals surface area contributed by atoms with Crippen molar-refractivity contribution in [1.82, 2.24) is 5.16 Å². The predicted octanol–water partition coefficient (Wildman–Crippen LogP) is 4.01. The molecule has 0 saturated carbocycles. The number of nitrogens with two attached hydrogens (primary N) is 1. The maximum atomic E-state index is 13.9. The highest BCUT2D eigenvalue weighted by molar-refractivity contribution is 5.87. The summed E-state index contributed by atoms with van der Waals surface area (Å²) >= 11 is 0. The van der Waals surface area contributed by atoms with Gasteiger partial charge in [-0.3, -0.25) is 0 Å². The summed E-state index contributed by atoms with van der Waals surface area (Å²) in [5.74, 6) is -3.22. The van der Waals surface area contributed by atoms with Crippen LogP contribution < -0.4 is 5.73 Å². The van der Waals surface area contributed by atoms with Gasteiger partial charge < -0.3 is 10.3 Å². The third-order valence-electron chi connectivity index (χ3n) is 3.02. The molecular weight excluding hydrogens is 281 g/mol.